The third-order valence-corrected chi connectivity index (χ3v) is 5.05. The van der Waals surface area contributed by atoms with Gasteiger partial charge in [0.15, 0.2) is 5.92 Å². The molecule has 1 amide bonds. The molecule has 0 N–H and O–H groups in total. The summed E-state index contributed by atoms with van der Waals surface area (Å²) in [6.07, 6.45) is 2.15. The molecule has 0 radical (unpaired) electrons. The SMILES string of the molecule is CCOC(=O)[C@H]1C(=O)N(CCCOC)c2nc3ccccc3n2[C@@H]1c1ccco1. The number of carbonyl (C=O) groups is 2. The van der Waals surface area contributed by atoms with Gasteiger partial charge in [0.25, 0.3) is 0 Å². The van der Waals surface area contributed by atoms with Gasteiger partial charge in [0.1, 0.15) is 11.8 Å². The summed E-state index contributed by atoms with van der Waals surface area (Å²) < 4.78 is 18.0. The number of anilines is 1. The minimum absolute atomic E-state index is 0.189. The van der Waals surface area contributed by atoms with Gasteiger partial charge >= 0.3 is 5.97 Å². The smallest absolute Gasteiger partial charge is 0.321 e. The molecule has 8 heteroatoms. The van der Waals surface area contributed by atoms with E-state index in [1.54, 1.807) is 31.1 Å². The number of furan rings is 1. The number of rotatable bonds is 7. The summed E-state index contributed by atoms with van der Waals surface area (Å²) >= 11 is 0. The highest BCUT2D eigenvalue weighted by Gasteiger charge is 2.48. The fraction of sp³-hybridized carbons (Fsp3) is 0.381. The number of amides is 1. The molecular weight excluding hydrogens is 374 g/mol. The van der Waals surface area contributed by atoms with Gasteiger partial charge in [0.2, 0.25) is 11.9 Å². The molecule has 29 heavy (non-hydrogen) atoms. The van der Waals surface area contributed by atoms with Crippen molar-refractivity contribution < 1.29 is 23.5 Å². The van der Waals surface area contributed by atoms with Crippen molar-refractivity contribution in [2.45, 2.75) is 19.4 Å². The summed E-state index contributed by atoms with van der Waals surface area (Å²) in [5, 5.41) is 0. The van der Waals surface area contributed by atoms with Crippen molar-refractivity contribution in [3.63, 3.8) is 0 Å². The second kappa shape index (κ2) is 8.08. The second-order valence-corrected chi connectivity index (χ2v) is 6.80. The molecule has 8 nitrogen and oxygen atoms in total. The Morgan fingerprint density at radius 3 is 2.79 bits per heavy atom. The fourth-order valence-electron chi connectivity index (χ4n) is 3.84. The van der Waals surface area contributed by atoms with Gasteiger partial charge < -0.3 is 13.9 Å². The number of methoxy groups -OCH3 is 1. The number of fused-ring (bicyclic) bond motifs is 3. The van der Waals surface area contributed by atoms with Gasteiger partial charge in [-0.2, -0.15) is 0 Å². The molecule has 152 valence electrons. The summed E-state index contributed by atoms with van der Waals surface area (Å²) in [5.41, 5.74) is 1.57. The molecule has 0 saturated carbocycles. The molecule has 1 aromatic carbocycles. The Morgan fingerprint density at radius 2 is 2.07 bits per heavy atom. The maximum absolute atomic E-state index is 13.5. The van der Waals surface area contributed by atoms with E-state index in [-0.39, 0.29) is 12.5 Å². The highest BCUT2D eigenvalue weighted by molar-refractivity contribution is 6.08. The number of carbonyl (C=O) groups excluding carboxylic acids is 2. The van der Waals surface area contributed by atoms with Crippen LogP contribution in [0.3, 0.4) is 0 Å². The predicted octanol–water partition coefficient (Wildman–Crippen LogP) is 2.78. The van der Waals surface area contributed by atoms with Gasteiger partial charge in [0, 0.05) is 20.3 Å². The second-order valence-electron chi connectivity index (χ2n) is 6.80. The maximum atomic E-state index is 13.5. The van der Waals surface area contributed by atoms with E-state index in [0.29, 0.717) is 31.3 Å². The van der Waals surface area contributed by atoms with E-state index >= 15 is 0 Å². The summed E-state index contributed by atoms with van der Waals surface area (Å²) in [5.74, 6) is -0.969. The van der Waals surface area contributed by atoms with Crippen LogP contribution < -0.4 is 4.90 Å². The molecule has 2 atom stereocenters. The van der Waals surface area contributed by atoms with Crippen LogP contribution in [0.5, 0.6) is 0 Å². The highest BCUT2D eigenvalue weighted by Crippen LogP contribution is 2.41. The first kappa shape index (κ1) is 19.2. The monoisotopic (exact) mass is 397 g/mol. The largest absolute Gasteiger partial charge is 0.467 e. The van der Waals surface area contributed by atoms with Crippen LogP contribution >= 0.6 is 0 Å². The van der Waals surface area contributed by atoms with E-state index in [1.807, 2.05) is 28.8 Å². The van der Waals surface area contributed by atoms with Crippen LogP contribution in [0.1, 0.15) is 25.1 Å². The van der Waals surface area contributed by atoms with E-state index in [2.05, 4.69) is 0 Å². The van der Waals surface area contributed by atoms with E-state index in [0.717, 1.165) is 11.0 Å². The minimum atomic E-state index is -1.06. The number of nitrogens with zero attached hydrogens (tertiary/aromatic N) is 3. The summed E-state index contributed by atoms with van der Waals surface area (Å²) in [7, 11) is 1.61. The lowest BCUT2D eigenvalue weighted by molar-refractivity contribution is -0.153. The van der Waals surface area contributed by atoms with Crippen molar-refractivity contribution in [3.8, 4) is 0 Å². The molecule has 0 bridgehead atoms. The van der Waals surface area contributed by atoms with Gasteiger partial charge in [-0.25, -0.2) is 4.98 Å². The van der Waals surface area contributed by atoms with Crippen LogP contribution in [0.25, 0.3) is 11.0 Å². The van der Waals surface area contributed by atoms with Gasteiger partial charge in [-0.05, 0) is 37.6 Å². The number of para-hydroxylation sites is 2. The van der Waals surface area contributed by atoms with E-state index in [4.69, 9.17) is 18.9 Å². The van der Waals surface area contributed by atoms with E-state index < -0.39 is 17.9 Å². The first-order valence-corrected chi connectivity index (χ1v) is 9.64. The average molecular weight is 397 g/mol. The zero-order valence-electron chi connectivity index (χ0n) is 16.4. The first-order valence-electron chi connectivity index (χ1n) is 9.64. The number of ether oxygens (including phenoxy) is 2. The van der Waals surface area contributed by atoms with Crippen LogP contribution in [0.15, 0.2) is 47.1 Å². The number of esters is 1. The van der Waals surface area contributed by atoms with Gasteiger partial charge in [-0.1, -0.05) is 12.1 Å². The van der Waals surface area contributed by atoms with E-state index in [9.17, 15) is 9.59 Å². The third kappa shape index (κ3) is 3.29. The minimum Gasteiger partial charge on any atom is -0.467 e. The first-order chi connectivity index (χ1) is 14.2. The Hall–Kier alpha value is -3.13. The number of hydrogen-bond acceptors (Lipinski definition) is 6. The molecule has 1 aliphatic heterocycles. The average Bonchev–Trinajstić information content (AvgIpc) is 3.37. The zero-order valence-corrected chi connectivity index (χ0v) is 16.4. The Morgan fingerprint density at radius 1 is 1.24 bits per heavy atom. The Labute approximate surface area is 168 Å². The summed E-state index contributed by atoms with van der Waals surface area (Å²) in [6.45, 7) is 2.79. The Kier molecular flexibility index (Phi) is 5.35. The summed E-state index contributed by atoms with van der Waals surface area (Å²) in [6, 6.07) is 10.4. The predicted molar refractivity (Wildman–Crippen MR) is 106 cm³/mol. The van der Waals surface area contributed by atoms with Gasteiger partial charge in [-0.3, -0.25) is 19.1 Å². The third-order valence-electron chi connectivity index (χ3n) is 5.05. The van der Waals surface area contributed by atoms with Crippen molar-refractivity contribution in [2.75, 3.05) is 31.8 Å². The van der Waals surface area contributed by atoms with Crippen LogP contribution in [-0.4, -0.2) is 48.3 Å². The lowest BCUT2D eigenvalue weighted by Gasteiger charge is -2.36. The Bertz CT molecular complexity index is 1010. The quantitative estimate of drug-likeness (QED) is 0.346. The number of imidazole rings is 1. The van der Waals surface area contributed by atoms with Crippen molar-refractivity contribution >= 4 is 28.9 Å². The molecule has 1 aliphatic rings. The topological polar surface area (TPSA) is 86.8 Å². The molecule has 3 aromatic rings. The lowest BCUT2D eigenvalue weighted by atomic mass is 9.93. The molecule has 4 rings (SSSR count). The molecule has 2 aromatic heterocycles. The molecular formula is C21H23N3O5. The molecule has 3 heterocycles. The fourth-order valence-corrected chi connectivity index (χ4v) is 3.84. The number of hydrogen-bond donors (Lipinski definition) is 0. The molecule has 0 spiro atoms. The molecule has 0 saturated heterocycles. The maximum Gasteiger partial charge on any atom is 0.321 e. The molecule has 0 fully saturated rings. The molecule has 0 unspecified atom stereocenters. The number of benzene rings is 1. The standard InChI is InChI=1S/C21H23N3O5/c1-3-28-20(26)17-18(16-10-6-13-29-16)24-15-9-5-4-8-14(15)22-21(24)23(19(17)25)11-7-12-27-2/h4-6,8-10,13,17-18H,3,7,11-12H2,1-2H3/t17-,18-/m1/s1. The molecule has 0 aliphatic carbocycles. The van der Waals surface area contributed by atoms with Crippen LogP contribution in [0.4, 0.5) is 5.95 Å². The van der Waals surface area contributed by atoms with Crippen molar-refractivity contribution in [2.24, 2.45) is 5.92 Å². The van der Waals surface area contributed by atoms with E-state index in [1.165, 1.54) is 6.26 Å². The normalized spacial score (nSPS) is 18.8. The summed E-state index contributed by atoms with van der Waals surface area (Å²) in [4.78, 5) is 32.6. The highest BCUT2D eigenvalue weighted by atomic mass is 16.5. The Balaban J connectivity index is 1.91. The van der Waals surface area contributed by atoms with Crippen molar-refractivity contribution in [1.82, 2.24) is 9.55 Å². The van der Waals surface area contributed by atoms with Crippen molar-refractivity contribution in [3.05, 3.63) is 48.4 Å². The van der Waals surface area contributed by atoms with Crippen LogP contribution in [-0.2, 0) is 19.1 Å². The van der Waals surface area contributed by atoms with Crippen LogP contribution in [0.2, 0.25) is 0 Å². The van der Waals surface area contributed by atoms with Crippen LogP contribution in [0, 0.1) is 5.92 Å². The van der Waals surface area contributed by atoms with Gasteiger partial charge in [-0.15, -0.1) is 0 Å². The van der Waals surface area contributed by atoms with Gasteiger partial charge in [0.05, 0.1) is 23.9 Å². The lowest BCUT2D eigenvalue weighted by Crippen LogP contribution is -2.50. The number of aromatic nitrogens is 2. The zero-order chi connectivity index (χ0) is 20.4. The van der Waals surface area contributed by atoms with Crippen molar-refractivity contribution in [1.29, 1.82) is 0 Å².